The van der Waals surface area contributed by atoms with E-state index in [1.54, 1.807) is 30.5 Å². The van der Waals surface area contributed by atoms with E-state index in [9.17, 15) is 4.79 Å². The third-order valence-electron chi connectivity index (χ3n) is 2.97. The molecule has 0 aliphatic rings. The van der Waals surface area contributed by atoms with Crippen molar-refractivity contribution >= 4 is 5.91 Å². The van der Waals surface area contributed by atoms with Crippen molar-refractivity contribution in [3.05, 3.63) is 47.9 Å². The lowest BCUT2D eigenvalue weighted by Crippen LogP contribution is -2.22. The predicted octanol–water partition coefficient (Wildman–Crippen LogP) is 3.40. The molecule has 2 aromatic rings. The number of rotatable bonds is 8. The van der Waals surface area contributed by atoms with Crippen molar-refractivity contribution in [1.82, 2.24) is 5.32 Å². The average Bonchev–Trinajstić information content (AvgIpc) is 3.05. The summed E-state index contributed by atoms with van der Waals surface area (Å²) in [6.07, 6.45) is 2.49. The number of carbonyl (C=O) groups is 1. The molecule has 1 N–H and O–H groups in total. The van der Waals surface area contributed by atoms with Crippen LogP contribution in [0.5, 0.6) is 11.5 Å². The molecule has 1 aromatic heterocycles. The molecule has 0 spiro atoms. The van der Waals surface area contributed by atoms with Crippen LogP contribution in [0.25, 0.3) is 0 Å². The van der Waals surface area contributed by atoms with Crippen LogP contribution in [0.1, 0.15) is 36.4 Å². The van der Waals surface area contributed by atoms with E-state index in [4.69, 9.17) is 13.9 Å². The van der Waals surface area contributed by atoms with Crippen LogP contribution < -0.4 is 14.8 Å². The molecular formula is C17H21NO4. The molecule has 118 valence electrons. The fourth-order valence-corrected chi connectivity index (χ4v) is 1.93. The molecule has 5 heteroatoms. The molecule has 0 saturated carbocycles. The van der Waals surface area contributed by atoms with E-state index < -0.39 is 0 Å². The second-order valence-corrected chi connectivity index (χ2v) is 4.71. The Kier molecular flexibility index (Phi) is 5.89. The van der Waals surface area contributed by atoms with Crippen molar-refractivity contribution in [3.63, 3.8) is 0 Å². The van der Waals surface area contributed by atoms with E-state index >= 15 is 0 Å². The van der Waals surface area contributed by atoms with Gasteiger partial charge in [-0.25, -0.2) is 0 Å². The van der Waals surface area contributed by atoms with Gasteiger partial charge in [-0.3, -0.25) is 4.79 Å². The topological polar surface area (TPSA) is 60.7 Å². The minimum absolute atomic E-state index is 0.181. The van der Waals surface area contributed by atoms with Crippen molar-refractivity contribution in [1.29, 1.82) is 0 Å². The van der Waals surface area contributed by atoms with E-state index in [1.807, 2.05) is 19.9 Å². The van der Waals surface area contributed by atoms with Crippen LogP contribution in [0.4, 0.5) is 0 Å². The van der Waals surface area contributed by atoms with E-state index in [-0.39, 0.29) is 5.91 Å². The second kappa shape index (κ2) is 8.12. The number of nitrogens with one attached hydrogen (secondary N) is 1. The molecule has 0 saturated heterocycles. The van der Waals surface area contributed by atoms with Crippen molar-refractivity contribution in [2.75, 3.05) is 13.2 Å². The van der Waals surface area contributed by atoms with Crippen LogP contribution in [0, 0.1) is 0 Å². The Morgan fingerprint density at radius 1 is 1.18 bits per heavy atom. The highest BCUT2D eigenvalue weighted by atomic mass is 16.5. The predicted molar refractivity (Wildman–Crippen MR) is 83.3 cm³/mol. The van der Waals surface area contributed by atoms with Crippen LogP contribution >= 0.6 is 0 Å². The summed E-state index contributed by atoms with van der Waals surface area (Å²) in [5.74, 6) is 1.77. The van der Waals surface area contributed by atoms with Crippen molar-refractivity contribution in [3.8, 4) is 11.5 Å². The Morgan fingerprint density at radius 2 is 2.05 bits per heavy atom. The summed E-state index contributed by atoms with van der Waals surface area (Å²) >= 11 is 0. The number of amides is 1. The second-order valence-electron chi connectivity index (χ2n) is 4.71. The van der Waals surface area contributed by atoms with Gasteiger partial charge < -0.3 is 19.2 Å². The van der Waals surface area contributed by atoms with E-state index in [1.165, 1.54) is 0 Å². The van der Waals surface area contributed by atoms with Crippen molar-refractivity contribution in [2.45, 2.75) is 26.8 Å². The maximum atomic E-state index is 12.2. The van der Waals surface area contributed by atoms with Gasteiger partial charge in [0.1, 0.15) is 5.76 Å². The summed E-state index contributed by atoms with van der Waals surface area (Å²) in [6.45, 7) is 5.41. The minimum atomic E-state index is -0.181. The van der Waals surface area contributed by atoms with Gasteiger partial charge in [-0.2, -0.15) is 0 Å². The van der Waals surface area contributed by atoms with Crippen LogP contribution in [0.15, 0.2) is 41.0 Å². The smallest absolute Gasteiger partial charge is 0.251 e. The Balaban J connectivity index is 2.06. The van der Waals surface area contributed by atoms with Crippen LogP contribution in [-0.2, 0) is 6.54 Å². The molecule has 22 heavy (non-hydrogen) atoms. The zero-order chi connectivity index (χ0) is 15.8. The van der Waals surface area contributed by atoms with Gasteiger partial charge >= 0.3 is 0 Å². The van der Waals surface area contributed by atoms with Gasteiger partial charge in [-0.15, -0.1) is 0 Å². The van der Waals surface area contributed by atoms with E-state index in [2.05, 4.69) is 5.32 Å². The first kappa shape index (κ1) is 15.9. The third kappa shape index (κ3) is 4.28. The van der Waals surface area contributed by atoms with Gasteiger partial charge in [0.05, 0.1) is 26.0 Å². The third-order valence-corrected chi connectivity index (χ3v) is 2.97. The molecule has 0 bridgehead atoms. The van der Waals surface area contributed by atoms with Gasteiger partial charge in [0.15, 0.2) is 11.5 Å². The Bertz CT molecular complexity index is 593. The molecule has 2 rings (SSSR count). The quantitative estimate of drug-likeness (QED) is 0.812. The Morgan fingerprint density at radius 3 is 2.73 bits per heavy atom. The van der Waals surface area contributed by atoms with Gasteiger partial charge in [0.25, 0.3) is 5.91 Å². The van der Waals surface area contributed by atoms with Crippen LogP contribution in [-0.4, -0.2) is 19.1 Å². The highest BCUT2D eigenvalue weighted by molar-refractivity contribution is 5.94. The lowest BCUT2D eigenvalue weighted by molar-refractivity contribution is 0.0947. The lowest BCUT2D eigenvalue weighted by Gasteiger charge is -2.13. The first-order valence-electron chi connectivity index (χ1n) is 7.44. The molecule has 1 aromatic carbocycles. The molecule has 0 aliphatic heterocycles. The van der Waals surface area contributed by atoms with Gasteiger partial charge in [0.2, 0.25) is 0 Å². The fraction of sp³-hybridized carbons (Fsp3) is 0.353. The highest BCUT2D eigenvalue weighted by Gasteiger charge is 2.12. The summed E-state index contributed by atoms with van der Waals surface area (Å²) in [4.78, 5) is 12.2. The highest BCUT2D eigenvalue weighted by Crippen LogP contribution is 2.28. The minimum Gasteiger partial charge on any atom is -0.490 e. The van der Waals surface area contributed by atoms with E-state index in [0.717, 1.165) is 6.42 Å². The largest absolute Gasteiger partial charge is 0.490 e. The Hall–Kier alpha value is -2.43. The molecule has 0 unspecified atom stereocenters. The Labute approximate surface area is 130 Å². The maximum absolute atomic E-state index is 12.2. The molecule has 0 aliphatic carbocycles. The molecule has 1 heterocycles. The van der Waals surface area contributed by atoms with Crippen molar-refractivity contribution in [2.24, 2.45) is 0 Å². The first-order valence-corrected chi connectivity index (χ1v) is 7.44. The SMILES string of the molecule is CCCOc1ccc(C(=O)NCc2ccco2)cc1OCC. The number of hydrogen-bond donors (Lipinski definition) is 1. The average molecular weight is 303 g/mol. The summed E-state index contributed by atoms with van der Waals surface area (Å²) < 4.78 is 16.4. The molecule has 1 amide bonds. The summed E-state index contributed by atoms with van der Waals surface area (Å²) in [6, 6.07) is 8.79. The summed E-state index contributed by atoms with van der Waals surface area (Å²) in [7, 11) is 0. The van der Waals surface area contributed by atoms with Crippen molar-refractivity contribution < 1.29 is 18.7 Å². The molecule has 0 atom stereocenters. The number of ether oxygens (including phenoxy) is 2. The van der Waals surface area contributed by atoms with Gasteiger partial charge in [-0.1, -0.05) is 6.92 Å². The zero-order valence-electron chi connectivity index (χ0n) is 12.9. The molecule has 0 fully saturated rings. The standard InChI is InChI=1S/C17H21NO4/c1-3-9-22-15-8-7-13(11-16(15)20-4-2)17(19)18-12-14-6-5-10-21-14/h5-8,10-11H,3-4,9,12H2,1-2H3,(H,18,19). The molecule has 5 nitrogen and oxygen atoms in total. The number of carbonyl (C=O) groups excluding carboxylic acids is 1. The fourth-order valence-electron chi connectivity index (χ4n) is 1.93. The summed E-state index contributed by atoms with van der Waals surface area (Å²) in [5.41, 5.74) is 0.527. The van der Waals surface area contributed by atoms with Gasteiger partial charge in [-0.05, 0) is 43.7 Å². The molecule has 0 radical (unpaired) electrons. The lowest BCUT2D eigenvalue weighted by atomic mass is 10.2. The van der Waals surface area contributed by atoms with Crippen LogP contribution in [0.3, 0.4) is 0 Å². The summed E-state index contributed by atoms with van der Waals surface area (Å²) in [5, 5.41) is 2.80. The van der Waals surface area contributed by atoms with Gasteiger partial charge in [0, 0.05) is 5.56 Å². The monoisotopic (exact) mass is 303 g/mol. The first-order chi connectivity index (χ1) is 10.7. The maximum Gasteiger partial charge on any atom is 0.251 e. The molecular weight excluding hydrogens is 282 g/mol. The van der Waals surface area contributed by atoms with Crippen LogP contribution in [0.2, 0.25) is 0 Å². The zero-order valence-corrected chi connectivity index (χ0v) is 12.9. The normalized spacial score (nSPS) is 10.3. The number of benzene rings is 1. The number of hydrogen-bond acceptors (Lipinski definition) is 4. The van der Waals surface area contributed by atoms with E-state index in [0.29, 0.717) is 42.6 Å². The number of furan rings is 1.